The molecule has 0 saturated heterocycles. The predicted octanol–water partition coefficient (Wildman–Crippen LogP) is 1.05. The molecule has 0 unspecified atom stereocenters. The Hall–Kier alpha value is -1.04. The number of carbonyl (C=O) groups is 1. The zero-order chi connectivity index (χ0) is 8.27. The first-order valence-corrected chi connectivity index (χ1v) is 3.36. The van der Waals surface area contributed by atoms with Crippen LogP contribution in [0.4, 0.5) is 3.89 Å². The van der Waals surface area contributed by atoms with E-state index >= 15 is 0 Å². The molecule has 1 aromatic heterocycles. The lowest BCUT2D eigenvalue weighted by Crippen LogP contribution is -2.04. The second-order valence-electron chi connectivity index (χ2n) is 1.67. The summed E-state index contributed by atoms with van der Waals surface area (Å²) in [4.78, 5) is 14.4. The topological polar surface area (TPSA) is 44.1 Å². The van der Waals surface area contributed by atoms with E-state index in [-0.39, 0.29) is 18.0 Å². The van der Waals surface area contributed by atoms with Crippen molar-refractivity contribution in [2.75, 3.05) is 7.11 Å². The molecule has 0 aliphatic heterocycles. The van der Waals surface area contributed by atoms with E-state index < -0.39 is 5.97 Å². The van der Waals surface area contributed by atoms with Gasteiger partial charge < -0.3 is 4.74 Å². The molecule has 4 nitrogen and oxygen atoms in total. The zero-order valence-corrected chi connectivity index (χ0v) is 6.47. The van der Waals surface area contributed by atoms with Gasteiger partial charge in [-0.1, -0.05) is 0 Å². The molecule has 0 amide bonds. The van der Waals surface area contributed by atoms with Crippen molar-refractivity contribution >= 4 is 18.3 Å². The van der Waals surface area contributed by atoms with Crippen molar-refractivity contribution in [2.24, 2.45) is 0 Å². The highest BCUT2D eigenvalue weighted by atomic mass is 32.2. The van der Waals surface area contributed by atoms with Crippen molar-refractivity contribution in [1.82, 2.24) is 8.96 Å². The molecule has 11 heavy (non-hydrogen) atoms. The minimum absolute atomic E-state index is 0.0833. The van der Waals surface area contributed by atoms with Crippen LogP contribution in [0.1, 0.15) is 10.5 Å². The van der Waals surface area contributed by atoms with Gasteiger partial charge in [-0.25, -0.2) is 13.8 Å². The van der Waals surface area contributed by atoms with E-state index in [1.54, 1.807) is 0 Å². The smallest absolute Gasteiger partial charge is 0.357 e. The van der Waals surface area contributed by atoms with E-state index in [4.69, 9.17) is 0 Å². The van der Waals surface area contributed by atoms with Crippen LogP contribution in [0, 0.1) is 0 Å². The molecule has 0 saturated carbocycles. The Morgan fingerprint density at radius 3 is 3.18 bits per heavy atom. The molecule has 0 atom stereocenters. The van der Waals surface area contributed by atoms with Gasteiger partial charge in [-0.3, -0.25) is 0 Å². The number of hydrogen-bond acceptors (Lipinski definition) is 4. The summed E-state index contributed by atoms with van der Waals surface area (Å²) in [5.74, 6) is -0.604. The number of nitrogens with zero attached hydrogens (tertiary/aromatic N) is 2. The van der Waals surface area contributed by atoms with Crippen LogP contribution in [-0.4, -0.2) is 22.0 Å². The fourth-order valence-corrected chi connectivity index (χ4v) is 0.872. The molecular weight excluding hydrogens is 171 g/mol. The fourth-order valence-electron chi connectivity index (χ4n) is 0.586. The third-order valence-corrected chi connectivity index (χ3v) is 1.51. The predicted molar refractivity (Wildman–Crippen MR) is 37.7 cm³/mol. The van der Waals surface area contributed by atoms with Gasteiger partial charge >= 0.3 is 5.97 Å². The van der Waals surface area contributed by atoms with Crippen LogP contribution in [0.2, 0.25) is 0 Å². The normalized spacial score (nSPS) is 9.64. The lowest BCUT2D eigenvalue weighted by molar-refractivity contribution is 0.0593. The highest BCUT2D eigenvalue weighted by Crippen LogP contribution is 2.11. The van der Waals surface area contributed by atoms with Crippen LogP contribution < -0.4 is 0 Å². The van der Waals surface area contributed by atoms with Gasteiger partial charge in [0.15, 0.2) is 18.0 Å². The van der Waals surface area contributed by atoms with Gasteiger partial charge in [0.25, 0.3) is 0 Å². The summed E-state index contributed by atoms with van der Waals surface area (Å²) in [7, 11) is 1.22. The van der Waals surface area contributed by atoms with E-state index in [9.17, 15) is 8.68 Å². The molecule has 0 bridgehead atoms. The Kier molecular flexibility index (Phi) is 2.48. The SMILES string of the molecule is COC(=O)c1cncn1SF. The third-order valence-electron chi connectivity index (χ3n) is 1.07. The number of esters is 1. The lowest BCUT2D eigenvalue weighted by atomic mass is 10.5. The van der Waals surface area contributed by atoms with Gasteiger partial charge in [0.1, 0.15) is 6.33 Å². The van der Waals surface area contributed by atoms with E-state index in [2.05, 4.69) is 9.72 Å². The van der Waals surface area contributed by atoms with Crippen LogP contribution in [0.5, 0.6) is 0 Å². The second kappa shape index (κ2) is 3.38. The number of methoxy groups -OCH3 is 1. The molecular formula is C5H5FN2O2S. The summed E-state index contributed by atoms with van der Waals surface area (Å²) < 4.78 is 17.3. The largest absolute Gasteiger partial charge is 0.464 e. The highest BCUT2D eigenvalue weighted by Gasteiger charge is 2.11. The first kappa shape index (κ1) is 8.06. The van der Waals surface area contributed by atoms with Gasteiger partial charge in [-0.05, 0) is 0 Å². The number of rotatable bonds is 2. The maximum atomic E-state index is 11.9. The van der Waals surface area contributed by atoms with E-state index in [0.29, 0.717) is 0 Å². The van der Waals surface area contributed by atoms with Crippen molar-refractivity contribution in [1.29, 1.82) is 0 Å². The van der Waals surface area contributed by atoms with Gasteiger partial charge in [-0.15, -0.1) is 3.89 Å². The molecule has 0 spiro atoms. The molecule has 0 aliphatic carbocycles. The zero-order valence-electron chi connectivity index (χ0n) is 5.65. The number of ether oxygens (including phenoxy) is 1. The fraction of sp³-hybridized carbons (Fsp3) is 0.200. The summed E-state index contributed by atoms with van der Waals surface area (Å²) in [5, 5.41) is 0. The quantitative estimate of drug-likeness (QED) is 0.632. The second-order valence-corrected chi connectivity index (χ2v) is 2.20. The lowest BCUT2D eigenvalue weighted by Gasteiger charge is -1.97. The van der Waals surface area contributed by atoms with Crippen LogP contribution in [-0.2, 0) is 4.74 Å². The van der Waals surface area contributed by atoms with Gasteiger partial charge in [0.05, 0.1) is 13.3 Å². The van der Waals surface area contributed by atoms with E-state index in [1.165, 1.54) is 19.6 Å². The Bertz CT molecular complexity index is 263. The first-order valence-electron chi connectivity index (χ1n) is 2.69. The molecule has 0 N–H and O–H groups in total. The summed E-state index contributed by atoms with van der Waals surface area (Å²) in [6.07, 6.45) is 2.43. The monoisotopic (exact) mass is 176 g/mol. The minimum atomic E-state index is -0.604. The van der Waals surface area contributed by atoms with Crippen LogP contribution >= 0.6 is 12.3 Å². The molecule has 0 aliphatic rings. The summed E-state index contributed by atoms with van der Waals surface area (Å²) in [6, 6.07) is 0. The number of aromatic nitrogens is 2. The first-order chi connectivity index (χ1) is 5.29. The molecule has 0 fully saturated rings. The number of carbonyl (C=O) groups excluding carboxylic acids is 1. The van der Waals surface area contributed by atoms with Gasteiger partial charge in [0.2, 0.25) is 0 Å². The molecule has 1 heterocycles. The van der Waals surface area contributed by atoms with E-state index in [1.807, 2.05) is 0 Å². The van der Waals surface area contributed by atoms with Crippen molar-refractivity contribution < 1.29 is 13.4 Å². The molecule has 0 radical (unpaired) electrons. The molecule has 6 heteroatoms. The van der Waals surface area contributed by atoms with Crippen LogP contribution in [0.15, 0.2) is 12.5 Å². The number of imidazole rings is 1. The molecule has 0 aromatic carbocycles. The number of hydrogen-bond donors (Lipinski definition) is 0. The van der Waals surface area contributed by atoms with Crippen LogP contribution in [0.3, 0.4) is 0 Å². The van der Waals surface area contributed by atoms with Crippen molar-refractivity contribution in [3.05, 3.63) is 18.2 Å². The Balaban J connectivity index is 2.92. The highest BCUT2D eigenvalue weighted by molar-refractivity contribution is 7.92. The summed E-state index contributed by atoms with van der Waals surface area (Å²) in [5.41, 5.74) is 0.0833. The maximum Gasteiger partial charge on any atom is 0.357 e. The van der Waals surface area contributed by atoms with Gasteiger partial charge in [-0.2, -0.15) is 0 Å². The molecule has 60 valence electrons. The standard InChI is InChI=1S/C5H5FN2O2S/c1-10-5(9)4-2-7-3-8(4)11-6/h2-3H,1H3. The maximum absolute atomic E-state index is 11.9. The minimum Gasteiger partial charge on any atom is -0.464 e. The van der Waals surface area contributed by atoms with E-state index in [0.717, 1.165) is 3.97 Å². The van der Waals surface area contributed by atoms with Crippen molar-refractivity contribution in [2.45, 2.75) is 0 Å². The third kappa shape index (κ3) is 1.51. The summed E-state index contributed by atoms with van der Waals surface area (Å²) in [6.45, 7) is 0. The molecule has 1 aromatic rings. The Morgan fingerprint density at radius 1 is 1.91 bits per heavy atom. The molecule has 1 rings (SSSR count). The summed E-state index contributed by atoms with van der Waals surface area (Å²) >= 11 is -0.101. The number of halogens is 1. The van der Waals surface area contributed by atoms with Crippen LogP contribution in [0.25, 0.3) is 0 Å². The van der Waals surface area contributed by atoms with Crippen molar-refractivity contribution in [3.63, 3.8) is 0 Å². The average molecular weight is 176 g/mol. The average Bonchev–Trinajstić information content (AvgIpc) is 2.50. The Morgan fingerprint density at radius 2 is 2.64 bits per heavy atom. The van der Waals surface area contributed by atoms with Gasteiger partial charge in [0, 0.05) is 0 Å². The Labute approximate surface area is 66.8 Å². The van der Waals surface area contributed by atoms with Crippen molar-refractivity contribution in [3.8, 4) is 0 Å².